The van der Waals surface area contributed by atoms with Gasteiger partial charge in [-0.05, 0) is 51.2 Å². The van der Waals surface area contributed by atoms with Crippen LogP contribution in [0.15, 0.2) is 23.1 Å². The third-order valence-corrected chi connectivity index (χ3v) is 5.06. The quantitative estimate of drug-likeness (QED) is 0.791. The van der Waals surface area contributed by atoms with Gasteiger partial charge >= 0.3 is 0 Å². The number of hydrogen-bond donors (Lipinski definition) is 2. The fourth-order valence-electron chi connectivity index (χ4n) is 2.27. The zero-order valence-corrected chi connectivity index (χ0v) is 12.2. The number of rotatable bonds is 3. The molecule has 7 heteroatoms. The molecule has 1 aliphatic rings. The maximum absolute atomic E-state index is 12.3. The van der Waals surface area contributed by atoms with Crippen LogP contribution in [-0.4, -0.2) is 39.5 Å². The van der Waals surface area contributed by atoms with Crippen molar-refractivity contribution in [3.05, 3.63) is 23.8 Å². The molecule has 0 unspecified atom stereocenters. The molecule has 0 saturated carbocycles. The van der Waals surface area contributed by atoms with Gasteiger partial charge in [-0.2, -0.15) is 5.26 Å². The first-order valence-electron chi connectivity index (χ1n) is 6.43. The van der Waals surface area contributed by atoms with E-state index in [9.17, 15) is 8.42 Å². The highest BCUT2D eigenvalue weighted by molar-refractivity contribution is 7.89. The van der Waals surface area contributed by atoms with Crippen molar-refractivity contribution in [2.45, 2.75) is 23.8 Å². The Balaban J connectivity index is 2.16. The number of nitriles is 1. The highest BCUT2D eigenvalue weighted by Gasteiger charge is 2.24. The van der Waals surface area contributed by atoms with Crippen molar-refractivity contribution < 1.29 is 8.42 Å². The molecule has 0 amide bonds. The second-order valence-corrected chi connectivity index (χ2v) is 6.75. The second kappa shape index (κ2) is 5.79. The number of anilines is 1. The number of benzene rings is 1. The SMILES string of the molecule is CN1CCC(NS(=O)(=O)c2ccc(C#N)cc2N)CC1. The van der Waals surface area contributed by atoms with Crippen molar-refractivity contribution in [3.63, 3.8) is 0 Å². The van der Waals surface area contributed by atoms with E-state index >= 15 is 0 Å². The Labute approximate surface area is 119 Å². The largest absolute Gasteiger partial charge is 0.398 e. The number of piperidine rings is 1. The Morgan fingerprint density at radius 3 is 2.60 bits per heavy atom. The van der Waals surface area contributed by atoms with Crippen molar-refractivity contribution in [3.8, 4) is 6.07 Å². The second-order valence-electron chi connectivity index (χ2n) is 5.06. The number of hydrogen-bond acceptors (Lipinski definition) is 5. The number of likely N-dealkylation sites (tertiary alicyclic amines) is 1. The number of nitrogens with two attached hydrogens (primary N) is 1. The Hall–Kier alpha value is -1.62. The topological polar surface area (TPSA) is 99.2 Å². The molecule has 1 heterocycles. The van der Waals surface area contributed by atoms with Crippen LogP contribution in [-0.2, 0) is 10.0 Å². The Bertz CT molecular complexity index is 628. The van der Waals surface area contributed by atoms with Crippen molar-refractivity contribution in [1.29, 1.82) is 5.26 Å². The van der Waals surface area contributed by atoms with E-state index in [2.05, 4.69) is 9.62 Å². The highest BCUT2D eigenvalue weighted by atomic mass is 32.2. The minimum absolute atomic E-state index is 0.0374. The lowest BCUT2D eigenvalue weighted by molar-refractivity contribution is 0.248. The van der Waals surface area contributed by atoms with E-state index in [1.54, 1.807) is 0 Å². The van der Waals surface area contributed by atoms with Gasteiger partial charge in [-0.25, -0.2) is 13.1 Å². The van der Waals surface area contributed by atoms with Crippen LogP contribution >= 0.6 is 0 Å². The average Bonchev–Trinajstić information content (AvgIpc) is 2.40. The van der Waals surface area contributed by atoms with Gasteiger partial charge in [-0.3, -0.25) is 0 Å². The molecule has 0 atom stereocenters. The van der Waals surface area contributed by atoms with E-state index < -0.39 is 10.0 Å². The number of nitrogens with zero attached hydrogens (tertiary/aromatic N) is 2. The zero-order valence-electron chi connectivity index (χ0n) is 11.3. The fraction of sp³-hybridized carbons (Fsp3) is 0.462. The number of nitrogen functional groups attached to an aromatic ring is 1. The summed E-state index contributed by atoms with van der Waals surface area (Å²) in [5.41, 5.74) is 6.18. The van der Waals surface area contributed by atoms with Gasteiger partial charge in [-0.15, -0.1) is 0 Å². The molecule has 0 spiro atoms. The van der Waals surface area contributed by atoms with Gasteiger partial charge in [0.2, 0.25) is 10.0 Å². The molecule has 1 aromatic rings. The van der Waals surface area contributed by atoms with Crippen molar-refractivity contribution in [2.75, 3.05) is 25.9 Å². The summed E-state index contributed by atoms with van der Waals surface area (Å²) in [6, 6.07) is 6.08. The minimum Gasteiger partial charge on any atom is -0.398 e. The van der Waals surface area contributed by atoms with Crippen LogP contribution in [0, 0.1) is 11.3 Å². The summed E-state index contributed by atoms with van der Waals surface area (Å²) in [7, 11) is -1.62. The summed E-state index contributed by atoms with van der Waals surface area (Å²) in [5.74, 6) is 0. The molecule has 6 nitrogen and oxygen atoms in total. The summed E-state index contributed by atoms with van der Waals surface area (Å²) in [6.07, 6.45) is 1.57. The summed E-state index contributed by atoms with van der Waals surface area (Å²) >= 11 is 0. The molecular weight excluding hydrogens is 276 g/mol. The van der Waals surface area contributed by atoms with Gasteiger partial charge in [0.05, 0.1) is 17.3 Å². The van der Waals surface area contributed by atoms with Gasteiger partial charge in [0.15, 0.2) is 0 Å². The number of sulfonamides is 1. The minimum atomic E-state index is -3.64. The predicted octanol–water partition coefficient (Wildman–Crippen LogP) is 0.513. The lowest BCUT2D eigenvalue weighted by Gasteiger charge is -2.29. The first-order valence-corrected chi connectivity index (χ1v) is 7.91. The highest BCUT2D eigenvalue weighted by Crippen LogP contribution is 2.21. The molecule has 2 rings (SSSR count). The summed E-state index contributed by atoms with van der Waals surface area (Å²) in [4.78, 5) is 2.20. The Morgan fingerprint density at radius 2 is 2.05 bits per heavy atom. The lowest BCUT2D eigenvalue weighted by Crippen LogP contribution is -2.43. The van der Waals surface area contributed by atoms with Gasteiger partial charge < -0.3 is 10.6 Å². The van der Waals surface area contributed by atoms with Gasteiger partial charge in [0.1, 0.15) is 4.90 Å². The van der Waals surface area contributed by atoms with Crippen molar-refractivity contribution in [1.82, 2.24) is 9.62 Å². The maximum Gasteiger partial charge on any atom is 0.242 e. The zero-order chi connectivity index (χ0) is 14.8. The third-order valence-electron chi connectivity index (χ3n) is 3.47. The average molecular weight is 294 g/mol. The standard InChI is InChI=1S/C13H18N4O2S/c1-17-6-4-11(5-7-17)16-20(18,19)13-3-2-10(9-14)8-12(13)15/h2-3,8,11,16H,4-7,15H2,1H3. The van der Waals surface area contributed by atoms with Crippen LogP contribution < -0.4 is 10.5 Å². The number of nitrogens with one attached hydrogen (secondary N) is 1. The predicted molar refractivity (Wildman–Crippen MR) is 76.4 cm³/mol. The normalized spacial score (nSPS) is 17.8. The van der Waals surface area contributed by atoms with Crippen LogP contribution in [0.1, 0.15) is 18.4 Å². The molecule has 1 saturated heterocycles. The van der Waals surface area contributed by atoms with Crippen LogP contribution in [0.4, 0.5) is 5.69 Å². The monoisotopic (exact) mass is 294 g/mol. The van der Waals surface area contributed by atoms with Crippen molar-refractivity contribution in [2.24, 2.45) is 0 Å². The molecule has 3 N–H and O–H groups in total. The molecule has 0 bridgehead atoms. The molecule has 1 aromatic carbocycles. The van der Waals surface area contributed by atoms with E-state index in [0.29, 0.717) is 5.56 Å². The molecular formula is C13H18N4O2S. The van der Waals surface area contributed by atoms with Gasteiger partial charge in [0.25, 0.3) is 0 Å². The first-order chi connectivity index (χ1) is 9.42. The van der Waals surface area contributed by atoms with E-state index in [-0.39, 0.29) is 16.6 Å². The summed E-state index contributed by atoms with van der Waals surface area (Å²) < 4.78 is 27.3. The van der Waals surface area contributed by atoms with E-state index in [4.69, 9.17) is 11.0 Å². The molecule has 0 aromatic heterocycles. The Morgan fingerprint density at radius 1 is 1.40 bits per heavy atom. The van der Waals surface area contributed by atoms with Crippen LogP contribution in [0.5, 0.6) is 0 Å². The van der Waals surface area contributed by atoms with E-state index in [1.807, 2.05) is 13.1 Å². The lowest BCUT2D eigenvalue weighted by atomic mass is 10.1. The van der Waals surface area contributed by atoms with Crippen molar-refractivity contribution >= 4 is 15.7 Å². The van der Waals surface area contributed by atoms with E-state index in [0.717, 1.165) is 25.9 Å². The van der Waals surface area contributed by atoms with Crippen LogP contribution in [0.3, 0.4) is 0 Å². The van der Waals surface area contributed by atoms with Gasteiger partial charge in [-0.1, -0.05) is 0 Å². The van der Waals surface area contributed by atoms with Crippen LogP contribution in [0.25, 0.3) is 0 Å². The molecule has 108 valence electrons. The third kappa shape index (κ3) is 3.28. The fourth-order valence-corrected chi connectivity index (χ4v) is 3.69. The maximum atomic E-state index is 12.3. The molecule has 1 aliphatic heterocycles. The smallest absolute Gasteiger partial charge is 0.242 e. The summed E-state index contributed by atoms with van der Waals surface area (Å²) in [6.45, 7) is 1.74. The Kier molecular flexibility index (Phi) is 4.28. The van der Waals surface area contributed by atoms with Crippen LogP contribution in [0.2, 0.25) is 0 Å². The van der Waals surface area contributed by atoms with E-state index in [1.165, 1.54) is 18.2 Å². The molecule has 20 heavy (non-hydrogen) atoms. The first kappa shape index (κ1) is 14.8. The molecule has 0 radical (unpaired) electrons. The van der Waals surface area contributed by atoms with Gasteiger partial charge in [0, 0.05) is 6.04 Å². The molecule has 1 fully saturated rings. The summed E-state index contributed by atoms with van der Waals surface area (Å²) in [5, 5.41) is 8.77. The molecule has 0 aliphatic carbocycles.